The van der Waals surface area contributed by atoms with Gasteiger partial charge in [0, 0.05) is 0 Å². The standard InChI is InChI=1S/C16H18N2.C8H8O3/c1-2-3-7-14-10-12-16(13-11-14)18-17-15-8-5-4-6-9-15;9-7-3-1-6(2-4-7)5-8(10)11/h4-6,8-13H,2-3,7H2,1H3;1-4,9H,5H2,(H,10,11). The van der Waals surface area contributed by atoms with Crippen LogP contribution in [0.4, 0.5) is 11.4 Å². The Morgan fingerprint density at radius 1 is 0.793 bits per heavy atom. The van der Waals surface area contributed by atoms with Crippen molar-refractivity contribution in [1.29, 1.82) is 0 Å². The minimum atomic E-state index is -0.865. The highest BCUT2D eigenvalue weighted by Crippen LogP contribution is 2.18. The molecule has 0 atom stereocenters. The summed E-state index contributed by atoms with van der Waals surface area (Å²) in [6, 6.07) is 24.2. The maximum absolute atomic E-state index is 10.2. The van der Waals surface area contributed by atoms with E-state index in [4.69, 9.17) is 10.2 Å². The molecule has 0 heterocycles. The van der Waals surface area contributed by atoms with Crippen LogP contribution in [-0.4, -0.2) is 16.2 Å². The molecule has 0 radical (unpaired) electrons. The van der Waals surface area contributed by atoms with Crippen LogP contribution < -0.4 is 0 Å². The minimum absolute atomic E-state index is 0.000278. The molecule has 0 aliphatic heterocycles. The van der Waals surface area contributed by atoms with Gasteiger partial charge in [0.15, 0.2) is 0 Å². The van der Waals surface area contributed by atoms with E-state index in [2.05, 4.69) is 29.3 Å². The maximum Gasteiger partial charge on any atom is 0.307 e. The van der Waals surface area contributed by atoms with Crippen molar-refractivity contribution < 1.29 is 15.0 Å². The number of hydrogen-bond acceptors (Lipinski definition) is 4. The molecule has 29 heavy (non-hydrogen) atoms. The van der Waals surface area contributed by atoms with Gasteiger partial charge in [0.2, 0.25) is 0 Å². The normalized spacial score (nSPS) is 10.4. The zero-order valence-electron chi connectivity index (χ0n) is 16.5. The number of phenols is 1. The second kappa shape index (κ2) is 12.1. The van der Waals surface area contributed by atoms with Gasteiger partial charge in [-0.1, -0.05) is 55.8 Å². The molecule has 0 aromatic heterocycles. The fourth-order valence-electron chi connectivity index (χ4n) is 2.51. The van der Waals surface area contributed by atoms with Gasteiger partial charge < -0.3 is 10.2 Å². The molecule has 3 aromatic rings. The number of azo groups is 1. The SMILES string of the molecule is CCCCc1ccc(N=Nc2ccccc2)cc1.O=C(O)Cc1ccc(O)cc1. The molecule has 5 heteroatoms. The summed E-state index contributed by atoms with van der Waals surface area (Å²) in [6.45, 7) is 2.21. The molecule has 0 fully saturated rings. The van der Waals surface area contributed by atoms with Gasteiger partial charge in [-0.05, 0) is 60.4 Å². The third-order valence-electron chi connectivity index (χ3n) is 4.08. The molecule has 3 aromatic carbocycles. The molecule has 0 amide bonds. The quantitative estimate of drug-likeness (QED) is 0.454. The van der Waals surface area contributed by atoms with Gasteiger partial charge in [-0.15, -0.1) is 0 Å². The van der Waals surface area contributed by atoms with Crippen molar-refractivity contribution >= 4 is 17.3 Å². The van der Waals surface area contributed by atoms with Crippen molar-refractivity contribution in [2.24, 2.45) is 10.2 Å². The second-order valence-electron chi connectivity index (χ2n) is 6.54. The number of aryl methyl sites for hydroxylation is 1. The topological polar surface area (TPSA) is 82.2 Å². The number of nitrogens with zero attached hydrogens (tertiary/aromatic N) is 2. The fourth-order valence-corrected chi connectivity index (χ4v) is 2.51. The molecule has 3 rings (SSSR count). The largest absolute Gasteiger partial charge is 0.508 e. The van der Waals surface area contributed by atoms with E-state index in [9.17, 15) is 4.79 Å². The average Bonchev–Trinajstić information content (AvgIpc) is 2.74. The van der Waals surface area contributed by atoms with Crippen LogP contribution in [0.3, 0.4) is 0 Å². The molecule has 0 unspecified atom stereocenters. The molecule has 0 spiro atoms. The number of carboxylic acid groups (broad SMARTS) is 1. The number of unbranched alkanes of at least 4 members (excludes halogenated alkanes) is 1. The number of carboxylic acids is 1. The van der Waals surface area contributed by atoms with Crippen LogP contribution in [0.15, 0.2) is 89.1 Å². The summed E-state index contributed by atoms with van der Waals surface area (Å²) in [5, 5.41) is 25.6. The number of aromatic hydroxyl groups is 1. The molecule has 0 saturated heterocycles. The Morgan fingerprint density at radius 3 is 1.90 bits per heavy atom. The molecule has 150 valence electrons. The lowest BCUT2D eigenvalue weighted by molar-refractivity contribution is -0.136. The van der Waals surface area contributed by atoms with Gasteiger partial charge in [-0.25, -0.2) is 0 Å². The van der Waals surface area contributed by atoms with E-state index in [0.717, 1.165) is 17.8 Å². The van der Waals surface area contributed by atoms with Crippen LogP contribution in [0.5, 0.6) is 5.75 Å². The van der Waals surface area contributed by atoms with E-state index >= 15 is 0 Å². The molecule has 2 N–H and O–H groups in total. The number of hydrogen-bond donors (Lipinski definition) is 2. The Balaban J connectivity index is 0.000000234. The van der Waals surface area contributed by atoms with Gasteiger partial charge in [-0.3, -0.25) is 4.79 Å². The summed E-state index contributed by atoms with van der Waals surface area (Å²) in [5.41, 5.74) is 3.84. The Bertz CT molecular complexity index is 890. The third-order valence-corrected chi connectivity index (χ3v) is 4.08. The first-order valence-electron chi connectivity index (χ1n) is 9.62. The lowest BCUT2D eigenvalue weighted by Crippen LogP contribution is -1.98. The van der Waals surface area contributed by atoms with Crippen LogP contribution in [0.2, 0.25) is 0 Å². The van der Waals surface area contributed by atoms with Gasteiger partial charge in [-0.2, -0.15) is 10.2 Å². The van der Waals surface area contributed by atoms with Gasteiger partial charge in [0.1, 0.15) is 5.75 Å². The Kier molecular flexibility index (Phi) is 9.09. The predicted octanol–water partition coefficient (Wildman–Crippen LogP) is 6.46. The lowest BCUT2D eigenvalue weighted by atomic mass is 10.1. The fraction of sp³-hybridized carbons (Fsp3) is 0.208. The van der Waals surface area contributed by atoms with E-state index < -0.39 is 5.97 Å². The van der Waals surface area contributed by atoms with Crippen molar-refractivity contribution in [2.45, 2.75) is 32.6 Å². The van der Waals surface area contributed by atoms with Gasteiger partial charge in [0.05, 0.1) is 17.8 Å². The highest BCUT2D eigenvalue weighted by atomic mass is 16.4. The highest BCUT2D eigenvalue weighted by molar-refractivity contribution is 5.70. The molecule has 0 saturated carbocycles. The van der Waals surface area contributed by atoms with E-state index in [0.29, 0.717) is 5.56 Å². The van der Waals surface area contributed by atoms with Crippen LogP contribution in [0.25, 0.3) is 0 Å². The summed E-state index contributed by atoms with van der Waals surface area (Å²) in [5.74, 6) is -0.713. The summed E-state index contributed by atoms with van der Waals surface area (Å²) in [6.07, 6.45) is 3.62. The number of benzene rings is 3. The second-order valence-corrected chi connectivity index (χ2v) is 6.54. The maximum atomic E-state index is 10.2. The van der Waals surface area contributed by atoms with Crippen LogP contribution in [0.1, 0.15) is 30.9 Å². The molecular weight excluding hydrogens is 364 g/mol. The molecular formula is C24H26N2O3. The van der Waals surface area contributed by atoms with Crippen molar-refractivity contribution in [1.82, 2.24) is 0 Å². The molecule has 5 nitrogen and oxygen atoms in total. The molecule has 0 aliphatic rings. The predicted molar refractivity (Wildman–Crippen MR) is 115 cm³/mol. The van der Waals surface area contributed by atoms with Crippen molar-refractivity contribution in [3.8, 4) is 5.75 Å². The average molecular weight is 390 g/mol. The number of phenolic OH excluding ortho intramolecular Hbond substituents is 1. The zero-order valence-corrected chi connectivity index (χ0v) is 16.5. The summed E-state index contributed by atoms with van der Waals surface area (Å²) >= 11 is 0. The zero-order chi connectivity index (χ0) is 20.9. The van der Waals surface area contributed by atoms with Crippen molar-refractivity contribution in [3.05, 3.63) is 90.0 Å². The first kappa shape index (κ1) is 21.8. The van der Waals surface area contributed by atoms with Crippen molar-refractivity contribution in [2.75, 3.05) is 0 Å². The Hall–Kier alpha value is -3.47. The van der Waals surface area contributed by atoms with Crippen LogP contribution in [-0.2, 0) is 17.6 Å². The third kappa shape index (κ3) is 8.84. The summed E-state index contributed by atoms with van der Waals surface area (Å²) in [4.78, 5) is 10.2. The number of rotatable bonds is 7. The van der Waals surface area contributed by atoms with E-state index in [-0.39, 0.29) is 12.2 Å². The van der Waals surface area contributed by atoms with Crippen LogP contribution >= 0.6 is 0 Å². The smallest absolute Gasteiger partial charge is 0.307 e. The number of carbonyl (C=O) groups is 1. The van der Waals surface area contributed by atoms with E-state index in [1.165, 1.54) is 30.5 Å². The molecule has 0 aliphatic carbocycles. The first-order valence-corrected chi connectivity index (χ1v) is 9.62. The monoisotopic (exact) mass is 390 g/mol. The van der Waals surface area contributed by atoms with Gasteiger partial charge >= 0.3 is 5.97 Å². The molecule has 0 bridgehead atoms. The van der Waals surface area contributed by atoms with Crippen molar-refractivity contribution in [3.63, 3.8) is 0 Å². The summed E-state index contributed by atoms with van der Waals surface area (Å²) in [7, 11) is 0. The lowest BCUT2D eigenvalue weighted by Gasteiger charge is -1.99. The summed E-state index contributed by atoms with van der Waals surface area (Å²) < 4.78 is 0. The van der Waals surface area contributed by atoms with Crippen LogP contribution in [0, 0.1) is 0 Å². The number of aliphatic carboxylic acids is 1. The Labute approximate surface area is 171 Å². The highest BCUT2D eigenvalue weighted by Gasteiger charge is 1.98. The first-order chi connectivity index (χ1) is 14.1. The van der Waals surface area contributed by atoms with Gasteiger partial charge in [0.25, 0.3) is 0 Å². The van der Waals surface area contributed by atoms with E-state index in [1.54, 1.807) is 12.1 Å². The van der Waals surface area contributed by atoms with E-state index in [1.807, 2.05) is 42.5 Å². The minimum Gasteiger partial charge on any atom is -0.508 e. The Morgan fingerprint density at radius 2 is 1.34 bits per heavy atom.